The van der Waals surface area contributed by atoms with Crippen LogP contribution in [0.5, 0.6) is 5.88 Å². The predicted molar refractivity (Wildman–Crippen MR) is 53.5 cm³/mol. The molecule has 0 saturated heterocycles. The smallest absolute Gasteiger partial charge is 0.372 e. The number of hydrogen-bond acceptors (Lipinski definition) is 6. The first kappa shape index (κ1) is 11.2. The fourth-order valence-corrected chi connectivity index (χ4v) is 0.912. The average Bonchev–Trinajstić information content (AvgIpc) is 1.99. The molecular weight excluding hydrogens is 200 g/mol. The highest BCUT2D eigenvalue weighted by atomic mass is 16.6. The summed E-state index contributed by atoms with van der Waals surface area (Å²) < 4.78 is 5.30. The van der Waals surface area contributed by atoms with Gasteiger partial charge in [0, 0.05) is 0 Å². The van der Waals surface area contributed by atoms with E-state index in [1.165, 1.54) is 0 Å². The van der Waals surface area contributed by atoms with Gasteiger partial charge in [0.05, 0.1) is 4.92 Å². The number of nitrogens with zero attached hydrogens (tertiary/aromatic N) is 3. The van der Waals surface area contributed by atoms with E-state index in [0.717, 1.165) is 6.33 Å². The van der Waals surface area contributed by atoms with Crippen molar-refractivity contribution in [2.45, 2.75) is 26.4 Å². The first-order chi connectivity index (χ1) is 6.81. The zero-order valence-electron chi connectivity index (χ0n) is 8.72. The minimum atomic E-state index is -0.656. The molecule has 82 valence electrons. The maximum atomic E-state index is 10.7. The van der Waals surface area contributed by atoms with Crippen molar-refractivity contribution in [2.75, 3.05) is 5.73 Å². The lowest BCUT2D eigenvalue weighted by atomic mass is 10.2. The molecule has 0 aliphatic carbocycles. The second-order valence-corrected chi connectivity index (χ2v) is 3.88. The summed E-state index contributed by atoms with van der Waals surface area (Å²) in [5, 5.41) is 10.7. The molecule has 0 saturated carbocycles. The summed E-state index contributed by atoms with van der Waals surface area (Å²) in [6, 6.07) is 0. The Balaban J connectivity index is 3.18. The molecule has 0 bridgehead atoms. The third-order valence-corrected chi connectivity index (χ3v) is 1.40. The zero-order valence-corrected chi connectivity index (χ0v) is 8.72. The molecule has 1 rings (SSSR count). The van der Waals surface area contributed by atoms with Gasteiger partial charge in [0.2, 0.25) is 5.82 Å². The number of nitrogens with two attached hydrogens (primary N) is 1. The van der Waals surface area contributed by atoms with Crippen molar-refractivity contribution in [3.8, 4) is 5.88 Å². The highest BCUT2D eigenvalue weighted by Crippen LogP contribution is 2.30. The predicted octanol–water partition coefficient (Wildman–Crippen LogP) is 1.14. The molecule has 0 amide bonds. The van der Waals surface area contributed by atoms with E-state index < -0.39 is 16.2 Å². The van der Waals surface area contributed by atoms with E-state index in [0.29, 0.717) is 0 Å². The molecule has 1 aromatic rings. The van der Waals surface area contributed by atoms with E-state index in [-0.39, 0.29) is 11.7 Å². The van der Waals surface area contributed by atoms with Gasteiger partial charge in [-0.15, -0.1) is 0 Å². The fourth-order valence-electron chi connectivity index (χ4n) is 0.912. The normalized spacial score (nSPS) is 11.1. The molecule has 1 aromatic heterocycles. The van der Waals surface area contributed by atoms with Gasteiger partial charge in [0.1, 0.15) is 11.9 Å². The van der Waals surface area contributed by atoms with Crippen LogP contribution in [0.1, 0.15) is 20.8 Å². The van der Waals surface area contributed by atoms with E-state index in [1.54, 1.807) is 20.8 Å². The van der Waals surface area contributed by atoms with Gasteiger partial charge in [-0.2, -0.15) is 4.98 Å². The van der Waals surface area contributed by atoms with Gasteiger partial charge in [0.25, 0.3) is 5.88 Å². The van der Waals surface area contributed by atoms with Crippen LogP contribution in [0.4, 0.5) is 11.5 Å². The first-order valence-electron chi connectivity index (χ1n) is 4.25. The molecule has 7 heteroatoms. The number of anilines is 1. The summed E-state index contributed by atoms with van der Waals surface area (Å²) in [5.41, 5.74) is 4.39. The van der Waals surface area contributed by atoms with Crippen molar-refractivity contribution in [1.82, 2.24) is 9.97 Å². The fraction of sp³-hybridized carbons (Fsp3) is 0.500. The summed E-state index contributed by atoms with van der Waals surface area (Å²) in [4.78, 5) is 17.3. The molecule has 15 heavy (non-hydrogen) atoms. The van der Waals surface area contributed by atoms with Gasteiger partial charge in [-0.3, -0.25) is 10.1 Å². The van der Waals surface area contributed by atoms with Gasteiger partial charge in [-0.25, -0.2) is 4.98 Å². The van der Waals surface area contributed by atoms with E-state index in [2.05, 4.69) is 9.97 Å². The summed E-state index contributed by atoms with van der Waals surface area (Å²) in [7, 11) is 0. The van der Waals surface area contributed by atoms with Crippen molar-refractivity contribution in [3.05, 3.63) is 16.4 Å². The quantitative estimate of drug-likeness (QED) is 0.582. The minimum absolute atomic E-state index is 0.111. The van der Waals surface area contributed by atoms with Crippen LogP contribution in [0.3, 0.4) is 0 Å². The number of aromatic nitrogens is 2. The largest absolute Gasteiger partial charge is 0.467 e. The van der Waals surface area contributed by atoms with Crippen LogP contribution in [0, 0.1) is 10.1 Å². The summed E-state index contributed by atoms with van der Waals surface area (Å²) in [5.74, 6) is -0.311. The number of nitrogen functional groups attached to an aromatic ring is 1. The number of ether oxygens (including phenoxy) is 1. The van der Waals surface area contributed by atoms with Crippen LogP contribution in [0.15, 0.2) is 6.33 Å². The molecule has 7 nitrogen and oxygen atoms in total. The van der Waals surface area contributed by atoms with Crippen LogP contribution in [0.2, 0.25) is 0 Å². The highest BCUT2D eigenvalue weighted by molar-refractivity contribution is 5.58. The first-order valence-corrected chi connectivity index (χ1v) is 4.25. The van der Waals surface area contributed by atoms with Gasteiger partial charge < -0.3 is 10.5 Å². The zero-order chi connectivity index (χ0) is 11.6. The van der Waals surface area contributed by atoms with E-state index >= 15 is 0 Å². The van der Waals surface area contributed by atoms with Crippen LogP contribution in [0.25, 0.3) is 0 Å². The number of nitro groups is 1. The Hall–Kier alpha value is -1.92. The van der Waals surface area contributed by atoms with Gasteiger partial charge in [0.15, 0.2) is 0 Å². The molecule has 1 heterocycles. The average molecular weight is 212 g/mol. The Morgan fingerprint density at radius 2 is 2.07 bits per heavy atom. The maximum absolute atomic E-state index is 10.7. The maximum Gasteiger partial charge on any atom is 0.372 e. The lowest BCUT2D eigenvalue weighted by Crippen LogP contribution is -2.24. The van der Waals surface area contributed by atoms with Crippen molar-refractivity contribution in [2.24, 2.45) is 0 Å². The van der Waals surface area contributed by atoms with Crippen LogP contribution >= 0.6 is 0 Å². The number of hydrogen-bond donors (Lipinski definition) is 1. The Bertz CT molecular complexity index is 386. The monoisotopic (exact) mass is 212 g/mol. The molecule has 0 aliphatic rings. The molecule has 2 N–H and O–H groups in total. The molecule has 0 aliphatic heterocycles. The Labute approximate surface area is 86.4 Å². The molecule has 0 radical (unpaired) electrons. The molecule has 0 spiro atoms. The molecule has 0 unspecified atom stereocenters. The Morgan fingerprint density at radius 3 is 2.53 bits per heavy atom. The molecule has 0 aromatic carbocycles. The van der Waals surface area contributed by atoms with Crippen molar-refractivity contribution >= 4 is 11.5 Å². The Morgan fingerprint density at radius 1 is 1.47 bits per heavy atom. The van der Waals surface area contributed by atoms with E-state index in [1.807, 2.05) is 0 Å². The summed E-state index contributed by atoms with van der Waals surface area (Å²) in [6.45, 7) is 5.28. The van der Waals surface area contributed by atoms with Gasteiger partial charge in [-0.05, 0) is 20.8 Å². The molecule has 0 atom stereocenters. The Kier molecular flexibility index (Phi) is 2.74. The SMILES string of the molecule is CC(C)(C)Oc1ncnc(N)c1[N+](=O)[O-]. The topological polar surface area (TPSA) is 104 Å². The number of rotatable bonds is 2. The van der Waals surface area contributed by atoms with Crippen LogP contribution < -0.4 is 10.5 Å². The minimum Gasteiger partial charge on any atom is -0.467 e. The van der Waals surface area contributed by atoms with Crippen molar-refractivity contribution < 1.29 is 9.66 Å². The standard InChI is InChI=1S/C8H12N4O3/c1-8(2,3)15-7-5(12(13)14)6(9)10-4-11-7/h4H,1-3H3,(H2,9,10,11). The van der Waals surface area contributed by atoms with E-state index in [4.69, 9.17) is 10.5 Å². The summed E-state index contributed by atoms with van der Waals surface area (Å²) in [6.07, 6.45) is 1.13. The summed E-state index contributed by atoms with van der Waals surface area (Å²) >= 11 is 0. The van der Waals surface area contributed by atoms with Gasteiger partial charge >= 0.3 is 5.69 Å². The van der Waals surface area contributed by atoms with Crippen molar-refractivity contribution in [1.29, 1.82) is 0 Å². The highest BCUT2D eigenvalue weighted by Gasteiger charge is 2.26. The van der Waals surface area contributed by atoms with Gasteiger partial charge in [-0.1, -0.05) is 0 Å². The lowest BCUT2D eigenvalue weighted by Gasteiger charge is -2.19. The van der Waals surface area contributed by atoms with Crippen molar-refractivity contribution in [3.63, 3.8) is 0 Å². The van der Waals surface area contributed by atoms with Crippen LogP contribution in [-0.2, 0) is 0 Å². The second kappa shape index (κ2) is 3.68. The molecule has 0 fully saturated rings. The molecular formula is C8H12N4O3. The second-order valence-electron chi connectivity index (χ2n) is 3.88. The third-order valence-electron chi connectivity index (χ3n) is 1.40. The third kappa shape index (κ3) is 2.76. The van der Waals surface area contributed by atoms with Crippen LogP contribution in [-0.4, -0.2) is 20.5 Å². The van der Waals surface area contributed by atoms with E-state index in [9.17, 15) is 10.1 Å². The lowest BCUT2D eigenvalue weighted by molar-refractivity contribution is -0.385.